The van der Waals surface area contributed by atoms with Gasteiger partial charge in [-0.1, -0.05) is 24.3 Å². The molecule has 0 saturated heterocycles. The van der Waals surface area contributed by atoms with Crippen LogP contribution in [0.2, 0.25) is 0 Å². The van der Waals surface area contributed by atoms with Gasteiger partial charge in [-0.2, -0.15) is 0 Å². The molecule has 0 aromatic heterocycles. The van der Waals surface area contributed by atoms with E-state index in [2.05, 4.69) is 0 Å². The second-order valence-electron chi connectivity index (χ2n) is 6.99. The van der Waals surface area contributed by atoms with E-state index in [0.29, 0.717) is 11.3 Å². The molecule has 5 unspecified atom stereocenters. The molecule has 8 heteroatoms. The van der Waals surface area contributed by atoms with E-state index in [9.17, 15) is 35.4 Å². The van der Waals surface area contributed by atoms with Crippen molar-refractivity contribution in [3.8, 4) is 17.2 Å². The molecule has 1 aliphatic rings. The Kier molecular flexibility index (Phi) is 6.07. The molecule has 6 N–H and O–H groups in total. The van der Waals surface area contributed by atoms with Gasteiger partial charge in [0.15, 0.2) is 0 Å². The van der Waals surface area contributed by atoms with Gasteiger partial charge in [0.05, 0.1) is 12.0 Å². The highest BCUT2D eigenvalue weighted by molar-refractivity contribution is 5.71. The number of aliphatic hydroxyl groups is 3. The standard InChI is InChI=1S/C21H22O8/c22-13-7-12(8-14(23)9-13)2-1-11-3-5-15(6-4-11)29-17-10-16(21(27)28)18(24)20(26)19(17)25/h1-9,16-20,22-26H,10H2,(H,27,28). The summed E-state index contributed by atoms with van der Waals surface area (Å²) in [6, 6.07) is 10.9. The van der Waals surface area contributed by atoms with E-state index in [1.807, 2.05) is 0 Å². The van der Waals surface area contributed by atoms with Crippen LogP contribution in [0.4, 0.5) is 0 Å². The molecule has 2 aromatic carbocycles. The SMILES string of the molecule is O=C(O)C1CC(Oc2ccc(C=Cc3cc(O)cc(O)c3)cc2)C(O)C(O)C1O. The molecule has 5 atom stereocenters. The lowest BCUT2D eigenvalue weighted by atomic mass is 9.81. The highest BCUT2D eigenvalue weighted by atomic mass is 16.5. The molecular weight excluding hydrogens is 380 g/mol. The first-order valence-electron chi connectivity index (χ1n) is 8.99. The number of aromatic hydroxyl groups is 2. The molecule has 3 rings (SSSR count). The van der Waals surface area contributed by atoms with E-state index in [-0.39, 0.29) is 17.9 Å². The maximum Gasteiger partial charge on any atom is 0.309 e. The van der Waals surface area contributed by atoms with Crippen LogP contribution in [0.5, 0.6) is 17.2 Å². The summed E-state index contributed by atoms with van der Waals surface area (Å²) in [4.78, 5) is 11.2. The number of hydrogen-bond acceptors (Lipinski definition) is 7. The molecule has 0 aliphatic heterocycles. The van der Waals surface area contributed by atoms with Crippen molar-refractivity contribution >= 4 is 18.1 Å². The third kappa shape index (κ3) is 4.86. The number of ether oxygens (including phenoxy) is 1. The van der Waals surface area contributed by atoms with E-state index in [1.54, 1.807) is 36.4 Å². The Bertz CT molecular complexity index is 872. The van der Waals surface area contributed by atoms with E-state index in [4.69, 9.17) is 4.74 Å². The number of benzene rings is 2. The number of hydrogen-bond donors (Lipinski definition) is 6. The van der Waals surface area contributed by atoms with Crippen LogP contribution < -0.4 is 4.74 Å². The number of aliphatic carboxylic acids is 1. The van der Waals surface area contributed by atoms with Crippen molar-refractivity contribution < 1.29 is 40.2 Å². The fourth-order valence-electron chi connectivity index (χ4n) is 3.29. The molecule has 0 radical (unpaired) electrons. The third-order valence-electron chi connectivity index (χ3n) is 4.86. The molecule has 29 heavy (non-hydrogen) atoms. The zero-order valence-electron chi connectivity index (χ0n) is 15.3. The van der Waals surface area contributed by atoms with Crippen LogP contribution in [0.1, 0.15) is 17.5 Å². The highest BCUT2D eigenvalue weighted by Gasteiger charge is 2.46. The molecule has 8 nitrogen and oxygen atoms in total. The van der Waals surface area contributed by atoms with Crippen molar-refractivity contribution in [3.63, 3.8) is 0 Å². The zero-order chi connectivity index (χ0) is 21.1. The molecule has 0 bridgehead atoms. The average Bonchev–Trinajstić information content (AvgIpc) is 2.67. The number of carboxylic acids is 1. The second-order valence-corrected chi connectivity index (χ2v) is 6.99. The minimum absolute atomic E-state index is 0.0496. The van der Waals surface area contributed by atoms with E-state index in [0.717, 1.165) is 5.56 Å². The summed E-state index contributed by atoms with van der Waals surface area (Å²) in [6.07, 6.45) is -2.26. The summed E-state index contributed by atoms with van der Waals surface area (Å²) < 4.78 is 5.64. The van der Waals surface area contributed by atoms with E-state index >= 15 is 0 Å². The number of carboxylic acid groups (broad SMARTS) is 1. The normalized spacial score (nSPS) is 27.1. The Labute approximate surface area is 166 Å². The van der Waals surface area contributed by atoms with Gasteiger partial charge in [0.25, 0.3) is 0 Å². The quantitative estimate of drug-likeness (QED) is 0.409. The first-order chi connectivity index (χ1) is 13.7. The Balaban J connectivity index is 1.68. The van der Waals surface area contributed by atoms with Gasteiger partial charge < -0.3 is 35.4 Å². The van der Waals surface area contributed by atoms with Gasteiger partial charge >= 0.3 is 5.97 Å². The fourth-order valence-corrected chi connectivity index (χ4v) is 3.29. The van der Waals surface area contributed by atoms with Crippen LogP contribution in [0.25, 0.3) is 12.2 Å². The molecule has 0 heterocycles. The van der Waals surface area contributed by atoms with Crippen LogP contribution >= 0.6 is 0 Å². The van der Waals surface area contributed by atoms with Gasteiger partial charge in [-0.05, 0) is 35.4 Å². The van der Waals surface area contributed by atoms with Gasteiger partial charge in [-0.25, -0.2) is 0 Å². The van der Waals surface area contributed by atoms with Crippen molar-refractivity contribution in [2.24, 2.45) is 5.92 Å². The molecule has 2 aromatic rings. The number of phenolic OH excluding ortho intramolecular Hbond substituents is 2. The summed E-state index contributed by atoms with van der Waals surface area (Å²) in [5.41, 5.74) is 1.41. The maximum atomic E-state index is 11.2. The van der Waals surface area contributed by atoms with Crippen LogP contribution in [0.15, 0.2) is 42.5 Å². The summed E-state index contributed by atoms with van der Waals surface area (Å²) in [6.45, 7) is 0. The van der Waals surface area contributed by atoms with Crippen LogP contribution in [-0.4, -0.2) is 61.0 Å². The number of aliphatic hydroxyl groups excluding tert-OH is 3. The minimum Gasteiger partial charge on any atom is -0.508 e. The highest BCUT2D eigenvalue weighted by Crippen LogP contribution is 2.30. The summed E-state index contributed by atoms with van der Waals surface area (Å²) >= 11 is 0. The van der Waals surface area contributed by atoms with Crippen molar-refractivity contribution in [1.82, 2.24) is 0 Å². The van der Waals surface area contributed by atoms with Gasteiger partial charge in [-0.3, -0.25) is 4.79 Å². The van der Waals surface area contributed by atoms with Crippen LogP contribution in [-0.2, 0) is 4.79 Å². The Morgan fingerprint density at radius 1 is 0.862 bits per heavy atom. The largest absolute Gasteiger partial charge is 0.508 e. The lowest BCUT2D eigenvalue weighted by Crippen LogP contribution is -2.57. The van der Waals surface area contributed by atoms with Gasteiger partial charge in [0, 0.05) is 12.5 Å². The van der Waals surface area contributed by atoms with E-state index in [1.165, 1.54) is 18.2 Å². The smallest absolute Gasteiger partial charge is 0.309 e. The minimum atomic E-state index is -1.62. The predicted molar refractivity (Wildman–Crippen MR) is 103 cm³/mol. The monoisotopic (exact) mass is 402 g/mol. The Morgan fingerprint density at radius 3 is 2.03 bits per heavy atom. The van der Waals surface area contributed by atoms with Crippen molar-refractivity contribution in [2.45, 2.75) is 30.8 Å². The third-order valence-corrected chi connectivity index (χ3v) is 4.86. The second kappa shape index (κ2) is 8.52. The lowest BCUT2D eigenvalue weighted by molar-refractivity contribution is -0.174. The predicted octanol–water partition coefficient (Wildman–Crippen LogP) is 1.20. The van der Waals surface area contributed by atoms with Gasteiger partial charge in [-0.15, -0.1) is 0 Å². The van der Waals surface area contributed by atoms with Crippen LogP contribution in [0.3, 0.4) is 0 Å². The van der Waals surface area contributed by atoms with Crippen molar-refractivity contribution in [1.29, 1.82) is 0 Å². The molecule has 154 valence electrons. The van der Waals surface area contributed by atoms with Crippen LogP contribution in [0, 0.1) is 5.92 Å². The number of rotatable bonds is 5. The van der Waals surface area contributed by atoms with Gasteiger partial charge in [0.2, 0.25) is 0 Å². The van der Waals surface area contributed by atoms with Crippen molar-refractivity contribution in [2.75, 3.05) is 0 Å². The fraction of sp³-hybridized carbons (Fsp3) is 0.286. The molecular formula is C21H22O8. The maximum absolute atomic E-state index is 11.2. The number of phenols is 2. The van der Waals surface area contributed by atoms with Gasteiger partial charge in [0.1, 0.15) is 35.6 Å². The first kappa shape index (κ1) is 20.7. The summed E-state index contributed by atoms with van der Waals surface area (Å²) in [7, 11) is 0. The first-order valence-corrected chi connectivity index (χ1v) is 8.99. The topological polar surface area (TPSA) is 148 Å². The lowest BCUT2D eigenvalue weighted by Gasteiger charge is -2.38. The number of carbonyl (C=O) groups is 1. The average molecular weight is 402 g/mol. The Morgan fingerprint density at radius 2 is 1.45 bits per heavy atom. The molecule has 1 fully saturated rings. The zero-order valence-corrected chi connectivity index (χ0v) is 15.3. The molecule has 0 amide bonds. The molecule has 0 spiro atoms. The van der Waals surface area contributed by atoms with E-state index < -0.39 is 36.3 Å². The van der Waals surface area contributed by atoms with Crippen molar-refractivity contribution in [3.05, 3.63) is 53.6 Å². The Hall–Kier alpha value is -3.07. The summed E-state index contributed by atoms with van der Waals surface area (Å²) in [5, 5.41) is 57.9. The summed E-state index contributed by atoms with van der Waals surface area (Å²) in [5.74, 6) is -2.23. The molecule has 1 saturated carbocycles. The molecule has 1 aliphatic carbocycles.